The van der Waals surface area contributed by atoms with Crippen LogP contribution in [-0.2, 0) is 22.4 Å². The van der Waals surface area contributed by atoms with Crippen LogP contribution < -0.4 is 9.13 Å². The third-order valence-electron chi connectivity index (χ3n) is 5.30. The van der Waals surface area contributed by atoms with Gasteiger partial charge in [-0.2, -0.15) is 0 Å². The second-order valence-electron chi connectivity index (χ2n) is 9.99. The molecular weight excluding hydrogens is 852 g/mol. The van der Waals surface area contributed by atoms with Gasteiger partial charge in [-0.1, -0.05) is 48.5 Å². The monoisotopic (exact) mass is 886 g/mol. The maximum atomic E-state index is 9.87. The molecule has 0 saturated carbocycles. The van der Waals surface area contributed by atoms with Crippen molar-refractivity contribution in [1.29, 1.82) is 0 Å². The van der Waals surface area contributed by atoms with E-state index in [0.717, 1.165) is 0 Å². The van der Waals surface area contributed by atoms with E-state index in [-0.39, 0.29) is 22.4 Å². The van der Waals surface area contributed by atoms with Crippen LogP contribution >= 0.6 is 51.2 Å². The number of para-hydroxylation sites is 4. The molecule has 4 nitrogen and oxygen atoms in total. The van der Waals surface area contributed by atoms with Crippen LogP contribution in [0.25, 0.3) is 22.1 Å². The molecule has 0 aliphatic rings. The van der Waals surface area contributed by atoms with Crippen molar-refractivity contribution in [1.82, 2.24) is 9.13 Å². The molecular formula is C26H36AuCl4F6N4P. The van der Waals surface area contributed by atoms with Crippen molar-refractivity contribution in [2.75, 3.05) is 0 Å². The van der Waals surface area contributed by atoms with Gasteiger partial charge in [-0.15, -0.1) is 0 Å². The molecule has 2 heterocycles. The summed E-state index contributed by atoms with van der Waals surface area (Å²) < 4.78 is 68.0. The summed E-state index contributed by atoms with van der Waals surface area (Å²) in [5.41, 5.74) is 5.06. The van der Waals surface area contributed by atoms with E-state index in [2.05, 4.69) is 178 Å². The summed E-state index contributed by atoms with van der Waals surface area (Å²) >= 11 is 0. The van der Waals surface area contributed by atoms with Gasteiger partial charge >= 0.3 is 55.4 Å². The van der Waals surface area contributed by atoms with E-state index in [9.17, 15) is 25.2 Å². The summed E-state index contributed by atoms with van der Waals surface area (Å²) in [4.78, 5) is 0. The Kier molecular flexibility index (Phi) is 17.7. The third kappa shape index (κ3) is 15.3. The Morgan fingerprint density at radius 1 is 0.571 bits per heavy atom. The van der Waals surface area contributed by atoms with Gasteiger partial charge < -0.3 is 18.3 Å². The van der Waals surface area contributed by atoms with Crippen LogP contribution in [0, 0.1) is 12.7 Å². The minimum Gasteiger partial charge on any atom is 1.00 e. The average Bonchev–Trinajstić information content (AvgIpc) is 3.45. The van der Waals surface area contributed by atoms with Gasteiger partial charge in [-0.3, -0.25) is 0 Å². The fourth-order valence-corrected chi connectivity index (χ4v) is 3.77. The summed E-state index contributed by atoms with van der Waals surface area (Å²) in [5.74, 6) is 0. The molecule has 0 aliphatic heterocycles. The van der Waals surface area contributed by atoms with Gasteiger partial charge in [-0.25, -0.2) is 0 Å². The number of nitrogens with zero attached hydrogens (tertiary/aromatic N) is 4. The van der Waals surface area contributed by atoms with E-state index in [4.69, 9.17) is 0 Å². The third-order valence-corrected chi connectivity index (χ3v) is 5.30. The standard InChI is InChI=1S/2C13H18N2.Au.2Cl2.F6P/c2*1-10(2)14-9-15(11(3)4)13-8-6-5-7-12(13)14;;2*1-2;1-7(2,3,4,5)6/h2*5-8,10-11H,1-4H3;;;;/q;;+1;;;-1. The van der Waals surface area contributed by atoms with Crippen LogP contribution in [-0.4, -0.2) is 9.13 Å². The normalized spacial score (nSPS) is 12.6. The van der Waals surface area contributed by atoms with Crippen molar-refractivity contribution in [2.24, 2.45) is 0 Å². The van der Waals surface area contributed by atoms with E-state index in [1.54, 1.807) is 0 Å². The Morgan fingerprint density at radius 3 is 1.02 bits per heavy atom. The predicted molar refractivity (Wildman–Crippen MR) is 160 cm³/mol. The summed E-state index contributed by atoms with van der Waals surface area (Å²) in [6.45, 7) is 17.5. The predicted octanol–water partition coefficient (Wildman–Crippen LogP) is 11.9. The summed E-state index contributed by atoms with van der Waals surface area (Å²) in [5, 5.41) is 0. The van der Waals surface area contributed by atoms with Crippen molar-refractivity contribution >= 4 is 73.3 Å². The summed E-state index contributed by atoms with van der Waals surface area (Å²) in [6, 6.07) is 18.8. The van der Waals surface area contributed by atoms with Crippen LogP contribution in [0.1, 0.15) is 79.6 Å². The summed E-state index contributed by atoms with van der Waals surface area (Å²) in [7, 11) is 5.79. The largest absolute Gasteiger partial charge is 1.00 e. The molecule has 42 heavy (non-hydrogen) atoms. The molecule has 0 N–H and O–H groups in total. The van der Waals surface area contributed by atoms with Gasteiger partial charge in [0, 0.05) is 65.5 Å². The minimum atomic E-state index is -10.7. The molecule has 4 aromatic rings. The molecule has 0 bridgehead atoms. The molecule has 0 saturated heterocycles. The zero-order valence-electron chi connectivity index (χ0n) is 24.2. The Hall–Kier alpha value is -0.710. The Balaban J connectivity index is 0. The molecule has 246 valence electrons. The van der Waals surface area contributed by atoms with Gasteiger partial charge in [0.15, 0.2) is 0 Å². The zero-order valence-corrected chi connectivity index (χ0v) is 30.3. The fourth-order valence-electron chi connectivity index (χ4n) is 3.77. The number of halogens is 10. The molecule has 0 unspecified atom stereocenters. The van der Waals surface area contributed by atoms with Crippen molar-refractivity contribution in [2.45, 2.75) is 79.6 Å². The second-order valence-corrected chi connectivity index (χ2v) is 11.9. The SMILES string of the molecule is CC(C)n1[c-][n+](C(C)C)c2ccccc21.CC(C)n1[c-][n+](C(C)C)c2ccccc21.ClCl.ClCl.F[P-](F)(F)(F)(F)F.[Au+]. The van der Waals surface area contributed by atoms with Crippen LogP contribution in [0.4, 0.5) is 25.2 Å². The molecule has 16 heteroatoms. The van der Waals surface area contributed by atoms with E-state index in [1.807, 2.05) is 0 Å². The number of imidazole rings is 2. The van der Waals surface area contributed by atoms with E-state index in [1.165, 1.54) is 22.1 Å². The Labute approximate surface area is 278 Å². The first-order valence-electron chi connectivity index (χ1n) is 12.4. The van der Waals surface area contributed by atoms with Crippen LogP contribution in [0.3, 0.4) is 0 Å². The molecule has 0 amide bonds. The molecule has 2 aromatic heterocycles. The maximum absolute atomic E-state index is 10.7. The Bertz CT molecular complexity index is 1180. The number of benzene rings is 2. The van der Waals surface area contributed by atoms with Crippen LogP contribution in [0.2, 0.25) is 0 Å². The van der Waals surface area contributed by atoms with Gasteiger partial charge in [0.1, 0.15) is 0 Å². The van der Waals surface area contributed by atoms with E-state index < -0.39 is 7.81 Å². The molecule has 0 aliphatic carbocycles. The van der Waals surface area contributed by atoms with Gasteiger partial charge in [0.05, 0.1) is 24.2 Å². The zero-order chi connectivity index (χ0) is 32.4. The van der Waals surface area contributed by atoms with Gasteiger partial charge in [-0.05, 0) is 55.4 Å². The Morgan fingerprint density at radius 2 is 0.810 bits per heavy atom. The van der Waals surface area contributed by atoms with Crippen molar-refractivity contribution in [3.05, 3.63) is 61.2 Å². The maximum Gasteiger partial charge on any atom is 1.00 e. The molecule has 4 rings (SSSR count). The first-order chi connectivity index (χ1) is 18.7. The molecule has 0 atom stereocenters. The molecule has 0 spiro atoms. The summed E-state index contributed by atoms with van der Waals surface area (Å²) in [6.07, 6.45) is 6.84. The number of rotatable bonds is 4. The number of hydrogen-bond donors (Lipinski definition) is 0. The molecule has 0 fully saturated rings. The van der Waals surface area contributed by atoms with Crippen molar-refractivity contribution < 1.29 is 56.7 Å². The minimum absolute atomic E-state index is 0. The van der Waals surface area contributed by atoms with Gasteiger partial charge in [0.25, 0.3) is 0 Å². The van der Waals surface area contributed by atoms with Crippen LogP contribution in [0.15, 0.2) is 48.5 Å². The number of aromatic nitrogens is 4. The van der Waals surface area contributed by atoms with E-state index >= 15 is 0 Å². The fraction of sp³-hybridized carbons (Fsp3) is 0.462. The quantitative estimate of drug-likeness (QED) is 0.0639. The van der Waals surface area contributed by atoms with Gasteiger partial charge in [0.2, 0.25) is 12.7 Å². The first kappa shape index (κ1) is 43.4. The molecule has 2 aromatic carbocycles. The smallest absolute Gasteiger partial charge is 1.00 e. The van der Waals surface area contributed by atoms with Crippen molar-refractivity contribution in [3.8, 4) is 0 Å². The van der Waals surface area contributed by atoms with Crippen molar-refractivity contribution in [3.63, 3.8) is 0 Å². The number of hydrogen-bond acceptors (Lipinski definition) is 0. The topological polar surface area (TPSA) is 17.6 Å². The first-order valence-corrected chi connectivity index (χ1v) is 16.7. The number of fused-ring (bicyclic) bond motifs is 2. The second kappa shape index (κ2) is 17.1. The average molecular weight is 888 g/mol. The van der Waals surface area contributed by atoms with Crippen LogP contribution in [0.5, 0.6) is 0 Å². The van der Waals surface area contributed by atoms with E-state index in [0.29, 0.717) is 24.2 Å². The molecule has 0 radical (unpaired) electrons.